The standard InChI is InChI=1S/C25H22ClNO6S/c26-22-11-10-21(16-24(22)34(30,31)27-12-14-32-15-13-27)25(29)33-17-23(28)20-8-6-19(7-9-20)18-4-2-1-3-5-18/h1-11,16H,12-15,17H2. The summed E-state index contributed by atoms with van der Waals surface area (Å²) in [5.41, 5.74) is 2.38. The topological polar surface area (TPSA) is 90.0 Å². The van der Waals surface area contributed by atoms with E-state index in [1.165, 1.54) is 22.5 Å². The van der Waals surface area contributed by atoms with E-state index in [2.05, 4.69) is 0 Å². The molecule has 7 nitrogen and oxygen atoms in total. The Morgan fingerprint density at radius 2 is 1.50 bits per heavy atom. The fraction of sp³-hybridized carbons (Fsp3) is 0.200. The molecule has 1 heterocycles. The highest BCUT2D eigenvalue weighted by Gasteiger charge is 2.29. The summed E-state index contributed by atoms with van der Waals surface area (Å²) in [7, 11) is -3.90. The third-order valence-electron chi connectivity index (χ3n) is 5.40. The molecule has 9 heteroatoms. The molecule has 0 radical (unpaired) electrons. The molecular weight excluding hydrogens is 478 g/mol. The minimum atomic E-state index is -3.90. The van der Waals surface area contributed by atoms with Gasteiger partial charge in [0, 0.05) is 18.7 Å². The van der Waals surface area contributed by atoms with Gasteiger partial charge in [-0.25, -0.2) is 13.2 Å². The second-order valence-corrected chi connectivity index (χ2v) is 9.92. The van der Waals surface area contributed by atoms with Crippen molar-refractivity contribution in [3.8, 4) is 11.1 Å². The molecule has 0 atom stereocenters. The zero-order valence-corrected chi connectivity index (χ0v) is 19.7. The number of morpholine rings is 1. The van der Waals surface area contributed by atoms with Crippen LogP contribution in [0.2, 0.25) is 5.02 Å². The zero-order valence-electron chi connectivity index (χ0n) is 18.1. The number of nitrogens with zero attached hydrogens (tertiary/aromatic N) is 1. The van der Waals surface area contributed by atoms with Crippen LogP contribution in [0.1, 0.15) is 20.7 Å². The van der Waals surface area contributed by atoms with E-state index in [4.69, 9.17) is 21.1 Å². The minimum Gasteiger partial charge on any atom is -0.454 e. The highest BCUT2D eigenvalue weighted by molar-refractivity contribution is 7.89. The first-order valence-corrected chi connectivity index (χ1v) is 12.4. The summed E-state index contributed by atoms with van der Waals surface area (Å²) in [5.74, 6) is -1.19. The Hall–Kier alpha value is -3.04. The molecule has 0 saturated carbocycles. The largest absolute Gasteiger partial charge is 0.454 e. The molecule has 0 bridgehead atoms. The van der Waals surface area contributed by atoms with E-state index in [1.807, 2.05) is 42.5 Å². The number of carbonyl (C=O) groups excluding carboxylic acids is 2. The van der Waals surface area contributed by atoms with E-state index in [0.717, 1.165) is 11.1 Å². The summed E-state index contributed by atoms with van der Waals surface area (Å²) in [4.78, 5) is 24.9. The first-order valence-electron chi connectivity index (χ1n) is 10.6. The number of sulfonamides is 1. The van der Waals surface area contributed by atoms with E-state index in [0.29, 0.717) is 5.56 Å². The van der Waals surface area contributed by atoms with Gasteiger partial charge in [0.15, 0.2) is 12.4 Å². The van der Waals surface area contributed by atoms with Crippen LogP contribution in [0.25, 0.3) is 11.1 Å². The Kier molecular flexibility index (Phi) is 7.43. The van der Waals surface area contributed by atoms with E-state index < -0.39 is 22.6 Å². The molecule has 0 aromatic heterocycles. The second-order valence-electron chi connectivity index (χ2n) is 7.60. The van der Waals surface area contributed by atoms with E-state index in [1.54, 1.807) is 12.1 Å². The second kappa shape index (κ2) is 10.5. The molecule has 3 aromatic rings. The lowest BCUT2D eigenvalue weighted by molar-refractivity contribution is 0.0474. The van der Waals surface area contributed by atoms with Crippen molar-refractivity contribution in [3.05, 3.63) is 88.9 Å². The van der Waals surface area contributed by atoms with Crippen LogP contribution >= 0.6 is 11.6 Å². The van der Waals surface area contributed by atoms with Crippen molar-refractivity contribution in [2.75, 3.05) is 32.9 Å². The molecule has 0 N–H and O–H groups in total. The quantitative estimate of drug-likeness (QED) is 0.359. The third kappa shape index (κ3) is 5.37. The van der Waals surface area contributed by atoms with Crippen LogP contribution in [0, 0.1) is 0 Å². The van der Waals surface area contributed by atoms with Crippen molar-refractivity contribution in [1.29, 1.82) is 0 Å². The van der Waals surface area contributed by atoms with E-state index in [-0.39, 0.29) is 47.6 Å². The first-order chi connectivity index (χ1) is 16.4. The number of hydrogen-bond donors (Lipinski definition) is 0. The average molecular weight is 500 g/mol. The van der Waals surface area contributed by atoms with Crippen molar-refractivity contribution >= 4 is 33.4 Å². The van der Waals surface area contributed by atoms with Crippen LogP contribution < -0.4 is 0 Å². The number of halogens is 1. The molecule has 4 rings (SSSR count). The lowest BCUT2D eigenvalue weighted by Crippen LogP contribution is -2.40. The average Bonchev–Trinajstić information content (AvgIpc) is 2.88. The van der Waals surface area contributed by atoms with Gasteiger partial charge >= 0.3 is 5.97 Å². The monoisotopic (exact) mass is 499 g/mol. The Bertz CT molecular complexity index is 1290. The Morgan fingerprint density at radius 3 is 2.18 bits per heavy atom. The molecule has 0 amide bonds. The molecule has 0 spiro atoms. The van der Waals surface area contributed by atoms with Gasteiger partial charge in [0.1, 0.15) is 4.90 Å². The minimum absolute atomic E-state index is 0.00220. The van der Waals surface area contributed by atoms with Crippen molar-refractivity contribution in [2.45, 2.75) is 4.90 Å². The molecule has 176 valence electrons. The SMILES string of the molecule is O=C(COC(=O)c1ccc(Cl)c(S(=O)(=O)N2CCOCC2)c1)c1ccc(-c2ccccc2)cc1. The lowest BCUT2D eigenvalue weighted by Gasteiger charge is -2.26. The summed E-state index contributed by atoms with van der Waals surface area (Å²) < 4.78 is 37.5. The van der Waals surface area contributed by atoms with Crippen LogP contribution in [0.4, 0.5) is 0 Å². The first kappa shape index (κ1) is 24.1. The number of Topliss-reactive ketones (excluding diaryl/α,β-unsaturated/α-hetero) is 1. The third-order valence-corrected chi connectivity index (χ3v) is 7.78. The van der Waals surface area contributed by atoms with Gasteiger partial charge in [0.05, 0.1) is 23.8 Å². The number of hydrogen-bond acceptors (Lipinski definition) is 6. The highest BCUT2D eigenvalue weighted by Crippen LogP contribution is 2.27. The maximum Gasteiger partial charge on any atom is 0.338 e. The van der Waals surface area contributed by atoms with Gasteiger partial charge in [-0.15, -0.1) is 0 Å². The van der Waals surface area contributed by atoms with Crippen LogP contribution in [0.3, 0.4) is 0 Å². The molecule has 1 saturated heterocycles. The zero-order chi connectivity index (χ0) is 24.1. The number of carbonyl (C=O) groups is 2. The molecule has 1 aliphatic rings. The number of ketones is 1. The van der Waals surface area contributed by atoms with Gasteiger partial charge in [0.25, 0.3) is 0 Å². The summed E-state index contributed by atoms with van der Waals surface area (Å²) >= 11 is 6.13. The smallest absolute Gasteiger partial charge is 0.338 e. The van der Waals surface area contributed by atoms with Gasteiger partial charge in [0.2, 0.25) is 10.0 Å². The van der Waals surface area contributed by atoms with Crippen molar-refractivity contribution in [3.63, 3.8) is 0 Å². The van der Waals surface area contributed by atoms with Crippen LogP contribution in [0.15, 0.2) is 77.7 Å². The Morgan fingerprint density at radius 1 is 0.882 bits per heavy atom. The van der Waals surface area contributed by atoms with Gasteiger partial charge in [-0.2, -0.15) is 4.31 Å². The molecule has 3 aromatic carbocycles. The van der Waals surface area contributed by atoms with E-state index in [9.17, 15) is 18.0 Å². The van der Waals surface area contributed by atoms with Crippen LogP contribution in [0.5, 0.6) is 0 Å². The van der Waals surface area contributed by atoms with Gasteiger partial charge in [-0.05, 0) is 29.3 Å². The van der Waals surface area contributed by atoms with Crippen molar-refractivity contribution in [1.82, 2.24) is 4.31 Å². The molecule has 0 unspecified atom stereocenters. The van der Waals surface area contributed by atoms with Crippen molar-refractivity contribution < 1.29 is 27.5 Å². The number of esters is 1. The Labute approximate surface area is 202 Å². The summed E-state index contributed by atoms with van der Waals surface area (Å²) in [6, 6.07) is 20.6. The summed E-state index contributed by atoms with van der Waals surface area (Å²) in [6.07, 6.45) is 0. The summed E-state index contributed by atoms with van der Waals surface area (Å²) in [5, 5.41) is -0.00220. The predicted octanol–water partition coefficient (Wildman–Crippen LogP) is 4.07. The van der Waals surface area contributed by atoms with E-state index >= 15 is 0 Å². The maximum absolute atomic E-state index is 12.9. The number of benzene rings is 3. The van der Waals surface area contributed by atoms with Gasteiger partial charge in [-0.1, -0.05) is 66.2 Å². The maximum atomic E-state index is 12.9. The highest BCUT2D eigenvalue weighted by atomic mass is 35.5. The number of ether oxygens (including phenoxy) is 2. The fourth-order valence-electron chi connectivity index (χ4n) is 3.53. The molecule has 0 aliphatic carbocycles. The molecular formula is C25H22ClNO6S. The molecule has 34 heavy (non-hydrogen) atoms. The summed E-state index contributed by atoms with van der Waals surface area (Å²) in [6.45, 7) is 0.494. The van der Waals surface area contributed by atoms with Gasteiger partial charge in [-0.3, -0.25) is 4.79 Å². The van der Waals surface area contributed by atoms with Crippen LogP contribution in [-0.2, 0) is 19.5 Å². The molecule has 1 fully saturated rings. The fourth-order valence-corrected chi connectivity index (χ4v) is 5.44. The number of rotatable bonds is 7. The normalized spacial score (nSPS) is 14.5. The lowest BCUT2D eigenvalue weighted by atomic mass is 10.0. The van der Waals surface area contributed by atoms with Crippen LogP contribution in [-0.4, -0.2) is 57.4 Å². The van der Waals surface area contributed by atoms with Crippen molar-refractivity contribution in [2.24, 2.45) is 0 Å². The van der Waals surface area contributed by atoms with Gasteiger partial charge < -0.3 is 9.47 Å². The molecule has 1 aliphatic heterocycles. The Balaban J connectivity index is 1.43. The predicted molar refractivity (Wildman–Crippen MR) is 128 cm³/mol.